The van der Waals surface area contributed by atoms with Crippen molar-refractivity contribution in [3.63, 3.8) is 0 Å². The molecule has 1 rings (SSSR count). The predicted molar refractivity (Wildman–Crippen MR) is 70.1 cm³/mol. The first-order valence-corrected chi connectivity index (χ1v) is 6.47. The second-order valence-corrected chi connectivity index (χ2v) is 5.20. The summed E-state index contributed by atoms with van der Waals surface area (Å²) < 4.78 is 0. The normalized spacial score (nSPS) is 12.5. The summed E-state index contributed by atoms with van der Waals surface area (Å²) in [5.74, 6) is 0.875. The van der Waals surface area contributed by atoms with E-state index in [1.165, 1.54) is 0 Å². The van der Waals surface area contributed by atoms with Crippen LogP contribution in [0.1, 0.15) is 6.92 Å². The standard InChI is InChI=1S/C9H13Cl2N3S/c1-5(15-2)4-13-9-7(11)3-6(10)8(12)14-9/h3,5H,4H2,1-2H3,(H3,12,13,14). The number of rotatable bonds is 4. The summed E-state index contributed by atoms with van der Waals surface area (Å²) in [6.07, 6.45) is 2.05. The third-order valence-electron chi connectivity index (χ3n) is 1.92. The average molecular weight is 266 g/mol. The zero-order valence-corrected chi connectivity index (χ0v) is 10.9. The van der Waals surface area contributed by atoms with E-state index in [1.807, 2.05) is 0 Å². The van der Waals surface area contributed by atoms with Gasteiger partial charge in [-0.3, -0.25) is 0 Å². The largest absolute Gasteiger partial charge is 0.382 e. The van der Waals surface area contributed by atoms with Crippen LogP contribution in [-0.2, 0) is 0 Å². The van der Waals surface area contributed by atoms with Gasteiger partial charge < -0.3 is 11.1 Å². The number of thioether (sulfide) groups is 1. The minimum absolute atomic E-state index is 0.292. The Bertz CT molecular complexity index is 346. The molecule has 84 valence electrons. The minimum atomic E-state index is 0.292. The van der Waals surface area contributed by atoms with Gasteiger partial charge in [0, 0.05) is 11.8 Å². The van der Waals surface area contributed by atoms with Crippen LogP contribution < -0.4 is 11.1 Å². The number of anilines is 2. The highest BCUT2D eigenvalue weighted by Gasteiger charge is 2.07. The van der Waals surface area contributed by atoms with Gasteiger partial charge in [-0.2, -0.15) is 11.8 Å². The van der Waals surface area contributed by atoms with Gasteiger partial charge in [-0.1, -0.05) is 30.1 Å². The molecule has 1 heterocycles. The fraction of sp³-hybridized carbons (Fsp3) is 0.444. The summed E-state index contributed by atoms with van der Waals surface area (Å²) >= 11 is 13.5. The van der Waals surface area contributed by atoms with Crippen LogP contribution in [0, 0.1) is 0 Å². The van der Waals surface area contributed by atoms with Crippen molar-refractivity contribution in [1.82, 2.24) is 4.98 Å². The Morgan fingerprint density at radius 2 is 2.20 bits per heavy atom. The van der Waals surface area contributed by atoms with Crippen molar-refractivity contribution in [3.8, 4) is 0 Å². The second-order valence-electron chi connectivity index (χ2n) is 3.11. The molecule has 0 aliphatic carbocycles. The van der Waals surface area contributed by atoms with Gasteiger partial charge in [0.2, 0.25) is 0 Å². The van der Waals surface area contributed by atoms with Crippen molar-refractivity contribution < 1.29 is 0 Å². The summed E-state index contributed by atoms with van der Waals surface area (Å²) in [4.78, 5) is 4.07. The highest BCUT2D eigenvalue weighted by molar-refractivity contribution is 7.99. The zero-order valence-electron chi connectivity index (χ0n) is 8.55. The molecule has 0 bridgehead atoms. The van der Waals surface area contributed by atoms with Gasteiger partial charge in [0.05, 0.1) is 10.0 Å². The van der Waals surface area contributed by atoms with E-state index in [-0.39, 0.29) is 0 Å². The molecule has 1 aromatic heterocycles. The van der Waals surface area contributed by atoms with Crippen LogP contribution in [0.2, 0.25) is 10.0 Å². The van der Waals surface area contributed by atoms with Gasteiger partial charge >= 0.3 is 0 Å². The molecule has 1 unspecified atom stereocenters. The van der Waals surface area contributed by atoms with Gasteiger partial charge in [-0.15, -0.1) is 0 Å². The third kappa shape index (κ3) is 3.63. The fourth-order valence-corrected chi connectivity index (χ4v) is 1.60. The molecular formula is C9H13Cl2N3S. The first-order chi connectivity index (χ1) is 7.04. The van der Waals surface area contributed by atoms with Gasteiger partial charge in [0.25, 0.3) is 0 Å². The third-order valence-corrected chi connectivity index (χ3v) is 3.48. The van der Waals surface area contributed by atoms with Crippen molar-refractivity contribution >= 4 is 46.6 Å². The van der Waals surface area contributed by atoms with E-state index >= 15 is 0 Å². The summed E-state index contributed by atoms with van der Waals surface area (Å²) in [5, 5.41) is 4.48. The summed E-state index contributed by atoms with van der Waals surface area (Å²) in [7, 11) is 0. The van der Waals surface area contributed by atoms with Crippen LogP contribution in [0.15, 0.2) is 6.07 Å². The van der Waals surface area contributed by atoms with Gasteiger partial charge in [0.15, 0.2) is 0 Å². The Labute approximate surface area is 104 Å². The Balaban J connectivity index is 2.73. The Morgan fingerprint density at radius 3 is 2.80 bits per heavy atom. The smallest absolute Gasteiger partial charge is 0.147 e. The van der Waals surface area contributed by atoms with Gasteiger partial charge in [0.1, 0.15) is 11.6 Å². The van der Waals surface area contributed by atoms with Crippen LogP contribution in [0.5, 0.6) is 0 Å². The monoisotopic (exact) mass is 265 g/mol. The van der Waals surface area contributed by atoms with Crippen molar-refractivity contribution in [1.29, 1.82) is 0 Å². The van der Waals surface area contributed by atoms with E-state index in [9.17, 15) is 0 Å². The number of aromatic nitrogens is 1. The van der Waals surface area contributed by atoms with E-state index in [0.29, 0.717) is 26.9 Å². The number of hydrogen-bond donors (Lipinski definition) is 2. The number of pyridine rings is 1. The fourth-order valence-electron chi connectivity index (χ4n) is 0.929. The lowest BCUT2D eigenvalue weighted by atomic mass is 10.4. The predicted octanol–water partition coefficient (Wildman–Crippen LogP) is 3.13. The molecule has 0 aliphatic heterocycles. The molecule has 15 heavy (non-hydrogen) atoms. The van der Waals surface area contributed by atoms with E-state index in [2.05, 4.69) is 23.5 Å². The first-order valence-electron chi connectivity index (χ1n) is 4.42. The van der Waals surface area contributed by atoms with E-state index < -0.39 is 0 Å². The Hall–Kier alpha value is -0.320. The van der Waals surface area contributed by atoms with E-state index in [0.717, 1.165) is 6.54 Å². The van der Waals surface area contributed by atoms with Crippen molar-refractivity contribution in [2.24, 2.45) is 0 Å². The lowest BCUT2D eigenvalue weighted by Gasteiger charge is -2.12. The van der Waals surface area contributed by atoms with Crippen LogP contribution in [0.25, 0.3) is 0 Å². The molecule has 0 saturated heterocycles. The van der Waals surface area contributed by atoms with Gasteiger partial charge in [-0.25, -0.2) is 4.98 Å². The molecule has 3 nitrogen and oxygen atoms in total. The maximum absolute atomic E-state index is 5.96. The number of halogens is 2. The number of nitrogens with zero attached hydrogens (tertiary/aromatic N) is 1. The molecule has 0 aromatic carbocycles. The topological polar surface area (TPSA) is 50.9 Å². The van der Waals surface area contributed by atoms with E-state index in [4.69, 9.17) is 28.9 Å². The molecule has 1 aromatic rings. The Morgan fingerprint density at radius 1 is 1.53 bits per heavy atom. The lowest BCUT2D eigenvalue weighted by Crippen LogP contribution is -2.14. The highest BCUT2D eigenvalue weighted by Crippen LogP contribution is 2.27. The lowest BCUT2D eigenvalue weighted by molar-refractivity contribution is 0.993. The maximum atomic E-state index is 5.96. The SMILES string of the molecule is CSC(C)CNc1nc(N)c(Cl)cc1Cl. The molecule has 0 saturated carbocycles. The molecule has 0 amide bonds. The molecular weight excluding hydrogens is 253 g/mol. The van der Waals surface area contributed by atoms with Gasteiger partial charge in [-0.05, 0) is 12.3 Å². The summed E-state index contributed by atoms with van der Waals surface area (Å²) in [6, 6.07) is 1.59. The minimum Gasteiger partial charge on any atom is -0.382 e. The number of hydrogen-bond acceptors (Lipinski definition) is 4. The summed E-state index contributed by atoms with van der Waals surface area (Å²) in [6.45, 7) is 2.90. The zero-order chi connectivity index (χ0) is 11.4. The molecule has 0 radical (unpaired) electrons. The number of nitrogens with two attached hydrogens (primary N) is 1. The van der Waals surface area contributed by atoms with Crippen LogP contribution in [0.3, 0.4) is 0 Å². The molecule has 3 N–H and O–H groups in total. The second kappa shape index (κ2) is 5.68. The molecule has 6 heteroatoms. The van der Waals surface area contributed by atoms with Crippen LogP contribution in [-0.4, -0.2) is 23.0 Å². The van der Waals surface area contributed by atoms with Crippen molar-refractivity contribution in [2.75, 3.05) is 23.9 Å². The van der Waals surface area contributed by atoms with Crippen LogP contribution in [0.4, 0.5) is 11.6 Å². The van der Waals surface area contributed by atoms with E-state index in [1.54, 1.807) is 17.8 Å². The number of nitrogen functional groups attached to an aromatic ring is 1. The molecule has 1 atom stereocenters. The number of nitrogens with one attached hydrogen (secondary N) is 1. The first kappa shape index (κ1) is 12.7. The summed E-state index contributed by atoms with van der Waals surface area (Å²) in [5.41, 5.74) is 5.58. The maximum Gasteiger partial charge on any atom is 0.147 e. The quantitative estimate of drug-likeness (QED) is 0.879. The highest BCUT2D eigenvalue weighted by atomic mass is 35.5. The molecule has 0 aliphatic rings. The molecule has 0 fully saturated rings. The Kier molecular flexibility index (Phi) is 4.83. The van der Waals surface area contributed by atoms with Crippen molar-refractivity contribution in [3.05, 3.63) is 16.1 Å². The average Bonchev–Trinajstić information content (AvgIpc) is 2.21. The van der Waals surface area contributed by atoms with Crippen LogP contribution >= 0.6 is 35.0 Å². The molecule has 0 spiro atoms. The van der Waals surface area contributed by atoms with Crippen molar-refractivity contribution in [2.45, 2.75) is 12.2 Å².